The van der Waals surface area contributed by atoms with E-state index < -0.39 is 5.06 Å². The zero-order chi connectivity index (χ0) is 15.5. The molecule has 1 atom stereocenters. The second-order valence-electron chi connectivity index (χ2n) is 4.92. The first-order valence-corrected chi connectivity index (χ1v) is 8.11. The van der Waals surface area contributed by atoms with E-state index in [1.165, 1.54) is 0 Å². The molecule has 1 aromatic rings. The molecular weight excluding hydrogens is 306 g/mol. The lowest BCUT2D eigenvalue weighted by atomic mass is 10.3. The normalized spacial score (nSPS) is 21.2. The van der Waals surface area contributed by atoms with Crippen LogP contribution >= 0.6 is 24.0 Å². The third-order valence-corrected chi connectivity index (χ3v) is 4.84. The molecule has 0 N–H and O–H groups in total. The summed E-state index contributed by atoms with van der Waals surface area (Å²) in [4.78, 5) is 13.9. The highest BCUT2D eigenvalue weighted by atomic mass is 32.2. The molecule has 0 amide bonds. The van der Waals surface area contributed by atoms with Crippen LogP contribution in [0.25, 0.3) is 0 Å². The van der Waals surface area contributed by atoms with E-state index in [1.807, 2.05) is 36.1 Å². The molecule has 0 bridgehead atoms. The number of thiocarbonyl (C=S) groups is 1. The van der Waals surface area contributed by atoms with Crippen LogP contribution in [0.2, 0.25) is 0 Å². The van der Waals surface area contributed by atoms with Crippen molar-refractivity contribution in [2.24, 2.45) is 0 Å². The molecule has 0 aromatic heterocycles. The van der Waals surface area contributed by atoms with Crippen molar-refractivity contribution >= 4 is 34.8 Å². The van der Waals surface area contributed by atoms with Gasteiger partial charge in [-0.25, -0.2) is 0 Å². The number of hydrogen-bond donors (Lipinski definition) is 0. The van der Waals surface area contributed by atoms with Crippen LogP contribution in [0.1, 0.15) is 20.3 Å². The molecule has 4 nitrogen and oxygen atoms in total. The summed E-state index contributed by atoms with van der Waals surface area (Å²) >= 11 is 7.07. The molecule has 2 rings (SSSR count). The van der Waals surface area contributed by atoms with Crippen LogP contribution in [0, 0.1) is 0 Å². The van der Waals surface area contributed by atoms with Gasteiger partial charge in [-0.1, -0.05) is 36.1 Å². The molecule has 21 heavy (non-hydrogen) atoms. The molecule has 114 valence electrons. The molecule has 1 aromatic carbocycles. The lowest BCUT2D eigenvalue weighted by Gasteiger charge is -2.36. The molecule has 0 saturated carbocycles. The minimum atomic E-state index is -0.610. The Labute approximate surface area is 134 Å². The largest absolute Gasteiger partial charge is 0.493 e. The van der Waals surface area contributed by atoms with Crippen molar-refractivity contribution < 1.29 is 14.3 Å². The number of ether oxygens (including phenoxy) is 2. The molecular formula is C15H19NO3S2. The van der Waals surface area contributed by atoms with E-state index in [1.54, 1.807) is 25.8 Å². The maximum Gasteiger partial charge on any atom is 0.229 e. The van der Waals surface area contributed by atoms with Gasteiger partial charge in [-0.05, 0) is 19.1 Å². The van der Waals surface area contributed by atoms with E-state index in [9.17, 15) is 4.79 Å². The van der Waals surface area contributed by atoms with Crippen LogP contribution < -0.4 is 9.47 Å². The number of para-hydroxylation sites is 2. The van der Waals surface area contributed by atoms with Crippen LogP contribution in [0.5, 0.6) is 11.5 Å². The fraction of sp³-hybridized carbons (Fsp3) is 0.467. The second-order valence-corrected chi connectivity index (χ2v) is 6.85. The lowest BCUT2D eigenvalue weighted by molar-refractivity contribution is -0.116. The Morgan fingerprint density at radius 3 is 2.71 bits per heavy atom. The third kappa shape index (κ3) is 3.68. The van der Waals surface area contributed by atoms with Gasteiger partial charge in [-0.15, -0.1) is 0 Å². The molecule has 1 aliphatic rings. The van der Waals surface area contributed by atoms with Crippen LogP contribution in [0.4, 0.5) is 0 Å². The summed E-state index contributed by atoms with van der Waals surface area (Å²) in [6.07, 6.45) is 0.279. The predicted octanol–water partition coefficient (Wildman–Crippen LogP) is 3.10. The summed E-state index contributed by atoms with van der Waals surface area (Å²) in [5.74, 6) is 2.33. The maximum atomic E-state index is 11.3. The number of benzene rings is 1. The second kappa shape index (κ2) is 6.66. The van der Waals surface area contributed by atoms with Gasteiger partial charge < -0.3 is 14.4 Å². The van der Waals surface area contributed by atoms with Gasteiger partial charge in [-0.3, -0.25) is 4.79 Å². The highest BCUT2D eigenvalue weighted by Crippen LogP contribution is 2.40. The average Bonchev–Trinajstić information content (AvgIpc) is 2.80. The predicted molar refractivity (Wildman–Crippen MR) is 89.1 cm³/mol. The number of Topliss-reactive ketones (excluding diaryl/α,β-unsaturated/α-hetero) is 1. The highest BCUT2D eigenvalue weighted by Gasteiger charge is 2.41. The fourth-order valence-electron chi connectivity index (χ4n) is 2.26. The Morgan fingerprint density at radius 2 is 2.10 bits per heavy atom. The Bertz CT molecular complexity index is 549. The monoisotopic (exact) mass is 325 g/mol. The third-order valence-electron chi connectivity index (χ3n) is 3.24. The van der Waals surface area contributed by atoms with Gasteiger partial charge in [0.2, 0.25) is 5.06 Å². The van der Waals surface area contributed by atoms with E-state index in [0.717, 1.165) is 12.3 Å². The smallest absolute Gasteiger partial charge is 0.229 e. The number of rotatable bonds is 5. The van der Waals surface area contributed by atoms with Crippen molar-refractivity contribution in [3.8, 4) is 11.5 Å². The minimum Gasteiger partial charge on any atom is -0.493 e. The molecule has 1 heterocycles. The molecule has 1 fully saturated rings. The summed E-state index contributed by atoms with van der Waals surface area (Å²) in [6.45, 7) is 4.31. The van der Waals surface area contributed by atoms with Crippen molar-refractivity contribution in [2.45, 2.75) is 25.3 Å². The number of thioether (sulfide) groups is 1. The van der Waals surface area contributed by atoms with Gasteiger partial charge in [0.15, 0.2) is 11.5 Å². The number of nitrogens with zero attached hydrogens (tertiary/aromatic N) is 1. The average molecular weight is 325 g/mol. The van der Waals surface area contributed by atoms with Crippen molar-refractivity contribution in [1.29, 1.82) is 0 Å². The van der Waals surface area contributed by atoms with E-state index in [2.05, 4.69) is 0 Å². The Balaban J connectivity index is 2.19. The van der Waals surface area contributed by atoms with Crippen molar-refractivity contribution in [1.82, 2.24) is 4.90 Å². The summed E-state index contributed by atoms with van der Waals surface area (Å²) in [5.41, 5.74) is 0. The summed E-state index contributed by atoms with van der Waals surface area (Å²) < 4.78 is 11.5. The number of carbonyl (C=O) groups excluding carboxylic acids is 1. The number of hydrogen-bond acceptors (Lipinski definition) is 5. The Morgan fingerprint density at radius 1 is 1.43 bits per heavy atom. The van der Waals surface area contributed by atoms with Crippen molar-refractivity contribution in [3.63, 3.8) is 0 Å². The van der Waals surface area contributed by atoms with Gasteiger partial charge >= 0.3 is 0 Å². The van der Waals surface area contributed by atoms with Crippen LogP contribution in [0.15, 0.2) is 24.3 Å². The fourth-order valence-corrected chi connectivity index (χ4v) is 3.94. The van der Waals surface area contributed by atoms with Gasteiger partial charge in [0.05, 0.1) is 18.5 Å². The Hall–Kier alpha value is -1.27. The maximum absolute atomic E-state index is 11.3. The molecule has 0 aliphatic carbocycles. The molecule has 1 saturated heterocycles. The topological polar surface area (TPSA) is 38.8 Å². The SMILES string of the molecule is COc1ccccc1OC1(C)SCCN1C(=S)CC(C)=O. The Kier molecular flexibility index (Phi) is 5.11. The number of methoxy groups -OCH3 is 1. The summed E-state index contributed by atoms with van der Waals surface area (Å²) in [7, 11) is 1.62. The number of carbonyl (C=O) groups is 1. The van der Waals surface area contributed by atoms with E-state index in [0.29, 0.717) is 16.5 Å². The highest BCUT2D eigenvalue weighted by molar-refractivity contribution is 8.00. The van der Waals surface area contributed by atoms with Gasteiger partial charge in [0.25, 0.3) is 0 Å². The van der Waals surface area contributed by atoms with Gasteiger partial charge in [0.1, 0.15) is 5.78 Å². The van der Waals surface area contributed by atoms with E-state index >= 15 is 0 Å². The molecule has 1 unspecified atom stereocenters. The van der Waals surface area contributed by atoms with Gasteiger partial charge in [-0.2, -0.15) is 0 Å². The molecule has 6 heteroatoms. The lowest BCUT2D eigenvalue weighted by Crippen LogP contribution is -2.47. The zero-order valence-electron chi connectivity index (χ0n) is 12.4. The first-order valence-electron chi connectivity index (χ1n) is 6.72. The molecule has 0 spiro atoms. The van der Waals surface area contributed by atoms with Crippen molar-refractivity contribution in [2.75, 3.05) is 19.4 Å². The first-order chi connectivity index (χ1) is 9.96. The van der Waals surface area contributed by atoms with Crippen LogP contribution in [0.3, 0.4) is 0 Å². The quantitative estimate of drug-likeness (QED) is 0.775. The summed E-state index contributed by atoms with van der Waals surface area (Å²) in [5, 5.41) is -0.610. The van der Waals surface area contributed by atoms with Crippen LogP contribution in [-0.2, 0) is 4.79 Å². The minimum absolute atomic E-state index is 0.0662. The zero-order valence-corrected chi connectivity index (χ0v) is 14.1. The van der Waals surface area contributed by atoms with Gasteiger partial charge in [0, 0.05) is 19.2 Å². The van der Waals surface area contributed by atoms with Crippen LogP contribution in [-0.4, -0.2) is 40.1 Å². The molecule has 1 aliphatic heterocycles. The van der Waals surface area contributed by atoms with E-state index in [4.69, 9.17) is 21.7 Å². The number of ketones is 1. The molecule has 0 radical (unpaired) electrons. The standard InChI is InChI=1S/C15H19NO3S2/c1-11(17)10-14(20)16-8-9-21-15(16,2)19-13-7-5-4-6-12(13)18-3/h4-7H,8-10H2,1-3H3. The van der Waals surface area contributed by atoms with E-state index in [-0.39, 0.29) is 12.2 Å². The summed E-state index contributed by atoms with van der Waals surface area (Å²) in [6, 6.07) is 7.53. The van der Waals surface area contributed by atoms with Crippen molar-refractivity contribution in [3.05, 3.63) is 24.3 Å². The first kappa shape index (κ1) is 16.1.